The van der Waals surface area contributed by atoms with E-state index in [1.807, 2.05) is 59.7 Å². The van der Waals surface area contributed by atoms with Gasteiger partial charge >= 0.3 is 0 Å². The number of aromatic nitrogens is 4. The molecule has 0 saturated heterocycles. The van der Waals surface area contributed by atoms with Crippen LogP contribution in [-0.4, -0.2) is 25.9 Å². The maximum absolute atomic E-state index is 6.05. The minimum Gasteiger partial charge on any atom is -0.336 e. The van der Waals surface area contributed by atoms with Gasteiger partial charge in [0.15, 0.2) is 0 Å². The van der Waals surface area contributed by atoms with E-state index in [1.165, 1.54) is 0 Å². The van der Waals surface area contributed by atoms with Gasteiger partial charge in [0.2, 0.25) is 0 Å². The molecule has 4 rings (SSSR count). The minimum atomic E-state index is 0.723. The van der Waals surface area contributed by atoms with Gasteiger partial charge in [-0.2, -0.15) is 5.10 Å². The summed E-state index contributed by atoms with van der Waals surface area (Å²) in [5, 5.41) is 9.05. The van der Waals surface area contributed by atoms with Gasteiger partial charge in [0, 0.05) is 54.4 Å². The maximum Gasteiger partial charge on any atom is 0.0972 e. The Morgan fingerprint density at radius 2 is 1.81 bits per heavy atom. The number of benzene rings is 2. The summed E-state index contributed by atoms with van der Waals surface area (Å²) in [6.07, 6.45) is 7.68. The number of nitrogens with zero attached hydrogens (tertiary/aromatic N) is 4. The average molecular weight is 378 g/mol. The lowest BCUT2D eigenvalue weighted by Gasteiger charge is -2.06. The van der Waals surface area contributed by atoms with Crippen molar-refractivity contribution in [2.45, 2.75) is 13.1 Å². The number of halogens is 1. The number of nitrogens with one attached hydrogen (secondary N) is 1. The second kappa shape index (κ2) is 8.20. The summed E-state index contributed by atoms with van der Waals surface area (Å²) in [5.41, 5.74) is 4.20. The molecule has 1 N–H and O–H groups in total. The zero-order chi connectivity index (χ0) is 18.5. The van der Waals surface area contributed by atoms with E-state index in [2.05, 4.69) is 33.2 Å². The van der Waals surface area contributed by atoms with Gasteiger partial charge in [0.25, 0.3) is 0 Å². The molecular formula is C21H20ClN5. The fourth-order valence-corrected chi connectivity index (χ4v) is 3.08. The van der Waals surface area contributed by atoms with Gasteiger partial charge in [-0.15, -0.1) is 0 Å². The molecule has 6 heteroatoms. The summed E-state index contributed by atoms with van der Waals surface area (Å²) in [4.78, 5) is 4.07. The molecule has 0 radical (unpaired) electrons. The van der Waals surface area contributed by atoms with Gasteiger partial charge < -0.3 is 9.88 Å². The third kappa shape index (κ3) is 4.27. The van der Waals surface area contributed by atoms with Crippen molar-refractivity contribution < 1.29 is 0 Å². The van der Waals surface area contributed by atoms with Gasteiger partial charge in [0.05, 0.1) is 17.7 Å². The Morgan fingerprint density at radius 1 is 1.00 bits per heavy atom. The first-order valence-electron chi connectivity index (χ1n) is 8.86. The SMILES string of the molecule is Clc1ccc(-c2nn(-c3ccccc3)cc2CNCCn2ccnc2)cc1. The number of rotatable bonds is 7. The summed E-state index contributed by atoms with van der Waals surface area (Å²) in [7, 11) is 0. The summed E-state index contributed by atoms with van der Waals surface area (Å²) < 4.78 is 3.98. The number of hydrogen-bond donors (Lipinski definition) is 1. The molecule has 136 valence electrons. The highest BCUT2D eigenvalue weighted by atomic mass is 35.5. The van der Waals surface area contributed by atoms with Gasteiger partial charge in [-0.05, 0) is 24.3 Å². The molecule has 0 atom stereocenters. The predicted octanol–water partition coefficient (Wildman–Crippen LogP) is 4.18. The maximum atomic E-state index is 6.05. The van der Waals surface area contributed by atoms with Crippen LogP contribution in [0.5, 0.6) is 0 Å². The van der Waals surface area contributed by atoms with E-state index in [0.717, 1.165) is 47.2 Å². The monoisotopic (exact) mass is 377 g/mol. The molecule has 0 aliphatic carbocycles. The third-order valence-corrected chi connectivity index (χ3v) is 4.60. The molecule has 0 aliphatic heterocycles. The van der Waals surface area contributed by atoms with Crippen molar-refractivity contribution in [2.24, 2.45) is 0 Å². The lowest BCUT2D eigenvalue weighted by Crippen LogP contribution is -2.19. The van der Waals surface area contributed by atoms with Crippen LogP contribution in [0.15, 0.2) is 79.5 Å². The van der Waals surface area contributed by atoms with Crippen LogP contribution in [0.4, 0.5) is 0 Å². The summed E-state index contributed by atoms with van der Waals surface area (Å²) >= 11 is 6.05. The first-order chi connectivity index (χ1) is 13.3. The minimum absolute atomic E-state index is 0.723. The number of imidazole rings is 1. The highest BCUT2D eigenvalue weighted by Crippen LogP contribution is 2.25. The summed E-state index contributed by atoms with van der Waals surface area (Å²) in [5.74, 6) is 0. The normalized spacial score (nSPS) is 11.0. The van der Waals surface area contributed by atoms with Gasteiger partial charge in [-0.3, -0.25) is 0 Å². The van der Waals surface area contributed by atoms with Crippen molar-refractivity contribution in [3.63, 3.8) is 0 Å². The van der Waals surface area contributed by atoms with Crippen LogP contribution in [0.1, 0.15) is 5.56 Å². The van der Waals surface area contributed by atoms with Gasteiger partial charge in [-0.25, -0.2) is 9.67 Å². The zero-order valence-corrected chi connectivity index (χ0v) is 15.5. The van der Waals surface area contributed by atoms with Crippen LogP contribution in [-0.2, 0) is 13.1 Å². The summed E-state index contributed by atoms with van der Waals surface area (Å²) in [6.45, 7) is 2.47. The quantitative estimate of drug-likeness (QED) is 0.491. The molecule has 0 unspecified atom stereocenters. The van der Waals surface area contributed by atoms with Crippen LogP contribution in [0.3, 0.4) is 0 Å². The van der Waals surface area contributed by atoms with Crippen LogP contribution < -0.4 is 5.32 Å². The second-order valence-corrected chi connectivity index (χ2v) is 6.70. The second-order valence-electron chi connectivity index (χ2n) is 6.27. The van der Waals surface area contributed by atoms with Crippen molar-refractivity contribution in [2.75, 3.05) is 6.54 Å². The number of para-hydroxylation sites is 1. The Kier molecular flexibility index (Phi) is 5.32. The Balaban J connectivity index is 1.56. The largest absolute Gasteiger partial charge is 0.336 e. The van der Waals surface area contributed by atoms with Gasteiger partial charge in [0.1, 0.15) is 0 Å². The number of hydrogen-bond acceptors (Lipinski definition) is 3. The fraction of sp³-hybridized carbons (Fsp3) is 0.143. The standard InChI is InChI=1S/C21H20ClN5/c22-19-8-6-17(7-9-19)21-18(14-23-10-12-26-13-11-24-16-26)15-27(25-21)20-4-2-1-3-5-20/h1-9,11,13,15-16,23H,10,12,14H2. The van der Waals surface area contributed by atoms with E-state index in [-0.39, 0.29) is 0 Å². The summed E-state index contributed by atoms with van der Waals surface area (Å²) in [6, 6.07) is 18.0. The molecule has 0 bridgehead atoms. The molecule has 4 aromatic rings. The molecule has 2 aromatic heterocycles. The Labute approximate surface area is 163 Å². The molecular weight excluding hydrogens is 358 g/mol. The van der Waals surface area contributed by atoms with Crippen LogP contribution in [0, 0.1) is 0 Å². The van der Waals surface area contributed by atoms with Crippen molar-refractivity contribution >= 4 is 11.6 Å². The van der Waals surface area contributed by atoms with Crippen LogP contribution >= 0.6 is 11.6 Å². The van der Waals surface area contributed by atoms with Crippen LogP contribution in [0.25, 0.3) is 16.9 Å². The Bertz CT molecular complexity index is 975. The van der Waals surface area contributed by atoms with Crippen molar-refractivity contribution in [1.29, 1.82) is 0 Å². The first kappa shape index (κ1) is 17.5. The molecule has 0 saturated carbocycles. The molecule has 0 aliphatic rings. The predicted molar refractivity (Wildman–Crippen MR) is 108 cm³/mol. The lowest BCUT2D eigenvalue weighted by molar-refractivity contribution is 0.597. The Hall–Kier alpha value is -2.89. The molecule has 0 spiro atoms. The first-order valence-corrected chi connectivity index (χ1v) is 9.24. The molecule has 2 aromatic carbocycles. The molecule has 2 heterocycles. The van der Waals surface area contributed by atoms with Crippen molar-refractivity contribution in [1.82, 2.24) is 24.6 Å². The molecule has 0 amide bonds. The highest BCUT2D eigenvalue weighted by molar-refractivity contribution is 6.30. The van der Waals surface area contributed by atoms with E-state index < -0.39 is 0 Å². The van der Waals surface area contributed by atoms with E-state index in [9.17, 15) is 0 Å². The lowest BCUT2D eigenvalue weighted by atomic mass is 10.1. The molecule has 0 fully saturated rings. The van der Waals surface area contributed by atoms with E-state index >= 15 is 0 Å². The smallest absolute Gasteiger partial charge is 0.0972 e. The van der Waals surface area contributed by atoms with Gasteiger partial charge in [-0.1, -0.05) is 41.9 Å². The average Bonchev–Trinajstić information content (AvgIpc) is 3.37. The highest BCUT2D eigenvalue weighted by Gasteiger charge is 2.12. The van der Waals surface area contributed by atoms with Crippen molar-refractivity contribution in [3.05, 3.63) is 90.1 Å². The topological polar surface area (TPSA) is 47.7 Å². The van der Waals surface area contributed by atoms with Crippen LogP contribution in [0.2, 0.25) is 5.02 Å². The van der Waals surface area contributed by atoms with E-state index in [4.69, 9.17) is 16.7 Å². The Morgan fingerprint density at radius 3 is 2.56 bits per heavy atom. The molecule has 27 heavy (non-hydrogen) atoms. The van der Waals surface area contributed by atoms with Crippen molar-refractivity contribution in [3.8, 4) is 16.9 Å². The molecule has 5 nitrogen and oxygen atoms in total. The van der Waals surface area contributed by atoms with E-state index in [1.54, 1.807) is 6.20 Å². The third-order valence-electron chi connectivity index (χ3n) is 4.35. The van der Waals surface area contributed by atoms with E-state index in [0.29, 0.717) is 0 Å². The fourth-order valence-electron chi connectivity index (χ4n) is 2.95. The zero-order valence-electron chi connectivity index (χ0n) is 14.8.